The third kappa shape index (κ3) is 4.13. The van der Waals surface area contributed by atoms with E-state index in [0.29, 0.717) is 6.10 Å². The van der Waals surface area contributed by atoms with Gasteiger partial charge in [0.05, 0.1) is 6.10 Å². The van der Waals surface area contributed by atoms with E-state index in [1.807, 2.05) is 6.92 Å². The summed E-state index contributed by atoms with van der Waals surface area (Å²) in [5.41, 5.74) is 0. The molecule has 0 aliphatic heterocycles. The Hall–Kier alpha value is -0.0400. The van der Waals surface area contributed by atoms with Crippen molar-refractivity contribution < 1.29 is 4.74 Å². The number of hydrogen-bond acceptors (Lipinski definition) is 1. The molecule has 50 valence electrons. The third-order valence-corrected chi connectivity index (χ3v) is 1.15. The minimum absolute atomic E-state index is 0.463. The molecule has 0 aliphatic rings. The number of rotatable bonds is 4. The number of ether oxygens (including phenoxy) is 1. The average Bonchev–Trinajstić information content (AvgIpc) is 1.68. The van der Waals surface area contributed by atoms with Crippen LogP contribution in [0.15, 0.2) is 0 Å². The zero-order valence-corrected chi connectivity index (χ0v) is 6.11. The highest BCUT2D eigenvalue weighted by Gasteiger charge is 1.95. The van der Waals surface area contributed by atoms with E-state index in [2.05, 4.69) is 13.8 Å². The second-order valence-corrected chi connectivity index (χ2v) is 2.05. The molecule has 0 aliphatic carbocycles. The van der Waals surface area contributed by atoms with Crippen LogP contribution in [0.4, 0.5) is 0 Å². The molecule has 0 fully saturated rings. The van der Waals surface area contributed by atoms with Gasteiger partial charge in [-0.3, -0.25) is 0 Å². The van der Waals surface area contributed by atoms with Gasteiger partial charge in [-0.2, -0.15) is 0 Å². The van der Waals surface area contributed by atoms with E-state index in [1.54, 1.807) is 0 Å². The lowest BCUT2D eigenvalue weighted by Crippen LogP contribution is -2.06. The van der Waals surface area contributed by atoms with Crippen molar-refractivity contribution in [3.05, 3.63) is 0 Å². The summed E-state index contributed by atoms with van der Waals surface area (Å²) >= 11 is 0. The SMILES string of the molecule is CCC[C@H](C)OCC. The van der Waals surface area contributed by atoms with Gasteiger partial charge in [-0.05, 0) is 20.3 Å². The van der Waals surface area contributed by atoms with Gasteiger partial charge in [-0.15, -0.1) is 0 Å². The Morgan fingerprint density at radius 3 is 2.38 bits per heavy atom. The van der Waals surface area contributed by atoms with E-state index >= 15 is 0 Å². The topological polar surface area (TPSA) is 9.23 Å². The van der Waals surface area contributed by atoms with Crippen molar-refractivity contribution in [1.82, 2.24) is 0 Å². The molecule has 0 heterocycles. The van der Waals surface area contributed by atoms with E-state index in [1.165, 1.54) is 12.8 Å². The van der Waals surface area contributed by atoms with Crippen LogP contribution in [0.3, 0.4) is 0 Å². The van der Waals surface area contributed by atoms with E-state index in [4.69, 9.17) is 4.74 Å². The lowest BCUT2D eigenvalue weighted by Gasteiger charge is -2.08. The predicted octanol–water partition coefficient (Wildman–Crippen LogP) is 2.21. The standard InChI is InChI=1S/C7H16O/c1-4-6-7(3)8-5-2/h7H,4-6H2,1-3H3/t7-/m0/s1. The van der Waals surface area contributed by atoms with Crippen molar-refractivity contribution in [3.63, 3.8) is 0 Å². The summed E-state index contributed by atoms with van der Waals surface area (Å²) in [6.07, 6.45) is 2.87. The fourth-order valence-corrected chi connectivity index (χ4v) is 0.774. The normalized spacial score (nSPS) is 13.9. The molecule has 0 saturated carbocycles. The van der Waals surface area contributed by atoms with Crippen molar-refractivity contribution in [2.75, 3.05) is 6.61 Å². The van der Waals surface area contributed by atoms with E-state index < -0.39 is 0 Å². The molecule has 0 bridgehead atoms. The second kappa shape index (κ2) is 5.10. The lowest BCUT2D eigenvalue weighted by atomic mass is 10.2. The molecule has 1 heteroatoms. The molecule has 0 aromatic rings. The van der Waals surface area contributed by atoms with E-state index in [9.17, 15) is 0 Å². The minimum atomic E-state index is 0.463. The maximum Gasteiger partial charge on any atom is 0.0546 e. The highest BCUT2D eigenvalue weighted by Crippen LogP contribution is 1.98. The maximum absolute atomic E-state index is 5.28. The largest absolute Gasteiger partial charge is 0.379 e. The molecule has 0 aromatic heterocycles. The van der Waals surface area contributed by atoms with E-state index in [-0.39, 0.29) is 0 Å². The molecule has 0 saturated heterocycles. The molecular weight excluding hydrogens is 100 g/mol. The zero-order chi connectivity index (χ0) is 6.41. The summed E-state index contributed by atoms with van der Waals surface area (Å²) in [5.74, 6) is 0. The molecule has 0 N–H and O–H groups in total. The molecule has 0 radical (unpaired) electrons. The summed E-state index contributed by atoms with van der Waals surface area (Å²) in [5, 5.41) is 0. The van der Waals surface area contributed by atoms with Gasteiger partial charge in [0, 0.05) is 6.61 Å². The van der Waals surface area contributed by atoms with Gasteiger partial charge in [0.2, 0.25) is 0 Å². The monoisotopic (exact) mass is 116 g/mol. The molecule has 0 amide bonds. The summed E-state index contributed by atoms with van der Waals surface area (Å²) in [4.78, 5) is 0. The summed E-state index contributed by atoms with van der Waals surface area (Å²) < 4.78 is 5.28. The fraction of sp³-hybridized carbons (Fsp3) is 1.00. The van der Waals surface area contributed by atoms with Crippen LogP contribution in [-0.2, 0) is 4.74 Å². The minimum Gasteiger partial charge on any atom is -0.379 e. The first-order chi connectivity index (χ1) is 3.81. The lowest BCUT2D eigenvalue weighted by molar-refractivity contribution is 0.0699. The average molecular weight is 116 g/mol. The Morgan fingerprint density at radius 1 is 1.38 bits per heavy atom. The third-order valence-electron chi connectivity index (χ3n) is 1.15. The highest BCUT2D eigenvalue weighted by molar-refractivity contribution is 4.45. The predicted molar refractivity (Wildman–Crippen MR) is 36.0 cm³/mol. The van der Waals surface area contributed by atoms with Crippen LogP contribution in [0.2, 0.25) is 0 Å². The molecule has 1 nitrogen and oxygen atoms in total. The Labute approximate surface area is 52.0 Å². The Kier molecular flexibility index (Phi) is 5.08. The summed E-state index contributed by atoms with van der Waals surface area (Å²) in [7, 11) is 0. The van der Waals surface area contributed by atoms with Crippen LogP contribution in [0.5, 0.6) is 0 Å². The van der Waals surface area contributed by atoms with Crippen LogP contribution in [-0.4, -0.2) is 12.7 Å². The number of hydrogen-bond donors (Lipinski definition) is 0. The molecule has 0 unspecified atom stereocenters. The van der Waals surface area contributed by atoms with Gasteiger partial charge in [0.25, 0.3) is 0 Å². The molecule has 0 spiro atoms. The Bertz CT molecular complexity index is 37.7. The summed E-state index contributed by atoms with van der Waals surface area (Å²) in [6, 6.07) is 0. The smallest absolute Gasteiger partial charge is 0.0546 e. The van der Waals surface area contributed by atoms with Crippen molar-refractivity contribution in [2.24, 2.45) is 0 Å². The van der Waals surface area contributed by atoms with Crippen LogP contribution < -0.4 is 0 Å². The van der Waals surface area contributed by atoms with Crippen molar-refractivity contribution in [1.29, 1.82) is 0 Å². The summed E-state index contributed by atoms with van der Waals surface area (Å²) in [6.45, 7) is 7.18. The van der Waals surface area contributed by atoms with Gasteiger partial charge in [-0.1, -0.05) is 13.3 Å². The van der Waals surface area contributed by atoms with Crippen LogP contribution in [0, 0.1) is 0 Å². The molecule has 8 heavy (non-hydrogen) atoms. The maximum atomic E-state index is 5.28. The first-order valence-corrected chi connectivity index (χ1v) is 3.42. The first-order valence-electron chi connectivity index (χ1n) is 3.42. The molecular formula is C7H16O. The van der Waals surface area contributed by atoms with Crippen LogP contribution in [0.1, 0.15) is 33.6 Å². The van der Waals surface area contributed by atoms with Gasteiger partial charge in [0.15, 0.2) is 0 Å². The van der Waals surface area contributed by atoms with Gasteiger partial charge in [0.1, 0.15) is 0 Å². The van der Waals surface area contributed by atoms with Crippen LogP contribution >= 0.6 is 0 Å². The van der Waals surface area contributed by atoms with Crippen LogP contribution in [0.25, 0.3) is 0 Å². The Balaban J connectivity index is 2.92. The van der Waals surface area contributed by atoms with Gasteiger partial charge in [-0.25, -0.2) is 0 Å². The van der Waals surface area contributed by atoms with Gasteiger partial charge >= 0.3 is 0 Å². The highest BCUT2D eigenvalue weighted by atomic mass is 16.5. The van der Waals surface area contributed by atoms with Crippen molar-refractivity contribution in [2.45, 2.75) is 39.7 Å². The zero-order valence-electron chi connectivity index (χ0n) is 6.11. The quantitative estimate of drug-likeness (QED) is 0.547. The molecule has 0 rings (SSSR count). The molecule has 0 aromatic carbocycles. The van der Waals surface area contributed by atoms with E-state index in [0.717, 1.165) is 6.61 Å². The fourth-order valence-electron chi connectivity index (χ4n) is 0.774. The second-order valence-electron chi connectivity index (χ2n) is 2.05. The molecule has 1 atom stereocenters. The van der Waals surface area contributed by atoms with Crippen molar-refractivity contribution in [3.8, 4) is 0 Å². The van der Waals surface area contributed by atoms with Gasteiger partial charge < -0.3 is 4.74 Å². The Morgan fingerprint density at radius 2 is 2.00 bits per heavy atom. The van der Waals surface area contributed by atoms with Crippen molar-refractivity contribution >= 4 is 0 Å². The first kappa shape index (κ1) is 7.96.